The predicted octanol–water partition coefficient (Wildman–Crippen LogP) is 3.23. The molecule has 0 spiro atoms. The maximum atomic E-state index is 13.0. The number of amides is 1. The minimum Gasteiger partial charge on any atom is -0.496 e. The summed E-state index contributed by atoms with van der Waals surface area (Å²) in [5, 5.41) is 7.64. The Morgan fingerprint density at radius 3 is 2.65 bits per heavy atom. The molecule has 1 aromatic carbocycles. The first-order chi connectivity index (χ1) is 15.2. The van der Waals surface area contributed by atoms with Crippen molar-refractivity contribution in [2.24, 2.45) is 0 Å². The number of carbonyl (C=O) groups excluding carboxylic acids is 1. The van der Waals surface area contributed by atoms with Crippen LogP contribution in [0.2, 0.25) is 0 Å². The van der Waals surface area contributed by atoms with Crippen LogP contribution in [0.3, 0.4) is 0 Å². The minimum atomic E-state index is -0.0535. The van der Waals surface area contributed by atoms with E-state index in [1.807, 2.05) is 43.3 Å². The first kappa shape index (κ1) is 21.1. The molecule has 3 heterocycles. The topological polar surface area (TPSA) is 72.3 Å². The van der Waals surface area contributed by atoms with Gasteiger partial charge in [0, 0.05) is 37.4 Å². The minimum absolute atomic E-state index is 0.0535. The van der Waals surface area contributed by atoms with E-state index in [1.165, 1.54) is 5.56 Å². The van der Waals surface area contributed by atoms with E-state index in [9.17, 15) is 4.79 Å². The van der Waals surface area contributed by atoms with Crippen LogP contribution >= 0.6 is 0 Å². The lowest BCUT2D eigenvalue weighted by Gasteiger charge is -2.32. The van der Waals surface area contributed by atoms with E-state index < -0.39 is 0 Å². The van der Waals surface area contributed by atoms with Gasteiger partial charge in [-0.05, 0) is 37.5 Å². The van der Waals surface area contributed by atoms with Gasteiger partial charge in [-0.15, -0.1) is 0 Å². The third-order valence-corrected chi connectivity index (χ3v) is 5.82. The van der Waals surface area contributed by atoms with Crippen LogP contribution in [0.15, 0.2) is 54.9 Å². The van der Waals surface area contributed by atoms with Gasteiger partial charge in [-0.25, -0.2) is 9.67 Å². The van der Waals surface area contributed by atoms with Gasteiger partial charge in [-0.1, -0.05) is 31.2 Å². The molecular weight excluding hydrogens is 390 g/mol. The standard InChI is InChI=1S/C24H29N5O2/c1-3-21-20(16-26-29(21)23-10-6-7-13-25-23)24(30)27-19-11-14-28(15-12-19)17-18-8-4-5-9-22(18)31-2/h4-10,13,16,19H,3,11-12,14-15,17H2,1-2H3,(H,27,30). The number of para-hydroxylation sites is 1. The Labute approximate surface area is 183 Å². The summed E-state index contributed by atoms with van der Waals surface area (Å²) in [6.45, 7) is 4.78. The molecule has 0 saturated carbocycles. The van der Waals surface area contributed by atoms with Gasteiger partial charge in [-0.2, -0.15) is 5.10 Å². The summed E-state index contributed by atoms with van der Waals surface area (Å²) in [5.74, 6) is 1.60. The van der Waals surface area contributed by atoms with Crippen molar-refractivity contribution in [1.82, 2.24) is 25.0 Å². The predicted molar refractivity (Wildman–Crippen MR) is 119 cm³/mol. The summed E-state index contributed by atoms with van der Waals surface area (Å²) in [7, 11) is 1.71. The van der Waals surface area contributed by atoms with Crippen LogP contribution in [0.5, 0.6) is 5.75 Å². The molecule has 0 unspecified atom stereocenters. The van der Waals surface area contributed by atoms with Gasteiger partial charge in [0.25, 0.3) is 5.91 Å². The molecule has 1 saturated heterocycles. The van der Waals surface area contributed by atoms with Crippen LogP contribution in [-0.2, 0) is 13.0 Å². The van der Waals surface area contributed by atoms with Gasteiger partial charge in [0.05, 0.1) is 24.6 Å². The fraction of sp³-hybridized carbons (Fsp3) is 0.375. The molecule has 7 nitrogen and oxygen atoms in total. The average molecular weight is 420 g/mol. The molecular formula is C24H29N5O2. The number of likely N-dealkylation sites (tertiary alicyclic amines) is 1. The summed E-state index contributed by atoms with van der Waals surface area (Å²) in [5.41, 5.74) is 2.71. The highest BCUT2D eigenvalue weighted by Gasteiger charge is 2.24. The number of pyridine rings is 1. The molecule has 31 heavy (non-hydrogen) atoms. The van der Waals surface area contributed by atoms with E-state index >= 15 is 0 Å². The molecule has 1 aliphatic heterocycles. The molecule has 162 valence electrons. The number of carbonyl (C=O) groups is 1. The Morgan fingerprint density at radius 1 is 1.16 bits per heavy atom. The number of hydrogen-bond donors (Lipinski definition) is 1. The van der Waals surface area contributed by atoms with E-state index in [2.05, 4.69) is 26.4 Å². The molecule has 7 heteroatoms. The first-order valence-electron chi connectivity index (χ1n) is 10.8. The SMILES string of the molecule is CCc1c(C(=O)NC2CCN(Cc3ccccc3OC)CC2)cnn1-c1ccccn1. The number of nitrogens with one attached hydrogen (secondary N) is 1. The highest BCUT2D eigenvalue weighted by molar-refractivity contribution is 5.95. The Bertz CT molecular complexity index is 1010. The Morgan fingerprint density at radius 2 is 1.94 bits per heavy atom. The van der Waals surface area contributed by atoms with Crippen molar-refractivity contribution in [2.75, 3.05) is 20.2 Å². The fourth-order valence-corrected chi connectivity index (χ4v) is 4.15. The van der Waals surface area contributed by atoms with E-state index in [0.717, 1.165) is 49.7 Å². The van der Waals surface area contributed by atoms with Crippen LogP contribution in [0.4, 0.5) is 0 Å². The van der Waals surface area contributed by atoms with Gasteiger partial charge in [-0.3, -0.25) is 9.69 Å². The number of hydrogen-bond acceptors (Lipinski definition) is 5. The summed E-state index contributed by atoms with van der Waals surface area (Å²) >= 11 is 0. The molecule has 0 aliphatic carbocycles. The number of aromatic nitrogens is 3. The maximum Gasteiger partial charge on any atom is 0.254 e. The van der Waals surface area contributed by atoms with Crippen LogP contribution in [0, 0.1) is 0 Å². The summed E-state index contributed by atoms with van der Waals surface area (Å²) in [6.07, 6.45) is 5.94. The third kappa shape index (κ3) is 4.77. The molecule has 0 radical (unpaired) electrons. The molecule has 0 atom stereocenters. The van der Waals surface area contributed by atoms with Gasteiger partial charge in [0.1, 0.15) is 5.75 Å². The third-order valence-electron chi connectivity index (χ3n) is 5.82. The normalized spacial score (nSPS) is 15.0. The van der Waals surface area contributed by atoms with Crippen molar-refractivity contribution in [3.63, 3.8) is 0 Å². The number of ether oxygens (including phenoxy) is 1. The maximum absolute atomic E-state index is 13.0. The molecule has 1 aliphatic rings. The highest BCUT2D eigenvalue weighted by atomic mass is 16.5. The van der Waals surface area contributed by atoms with Gasteiger partial charge < -0.3 is 10.1 Å². The highest BCUT2D eigenvalue weighted by Crippen LogP contribution is 2.22. The fourth-order valence-electron chi connectivity index (χ4n) is 4.15. The van der Waals surface area contributed by atoms with Crippen molar-refractivity contribution in [3.05, 3.63) is 71.7 Å². The summed E-state index contributed by atoms with van der Waals surface area (Å²) in [6, 6.07) is 14.0. The van der Waals surface area contributed by atoms with Gasteiger partial charge >= 0.3 is 0 Å². The number of methoxy groups -OCH3 is 1. The van der Waals surface area contributed by atoms with Gasteiger partial charge in [0.15, 0.2) is 5.82 Å². The number of benzene rings is 1. The Hall–Kier alpha value is -3.19. The molecule has 0 bridgehead atoms. The second-order valence-corrected chi connectivity index (χ2v) is 7.79. The van der Waals surface area contributed by atoms with E-state index in [1.54, 1.807) is 24.2 Å². The van der Waals surface area contributed by atoms with Crippen molar-refractivity contribution in [2.45, 2.75) is 38.8 Å². The zero-order valence-corrected chi connectivity index (χ0v) is 18.1. The number of piperidine rings is 1. The number of rotatable bonds is 7. The van der Waals surface area contributed by atoms with E-state index in [4.69, 9.17) is 4.74 Å². The van der Waals surface area contributed by atoms with Gasteiger partial charge in [0.2, 0.25) is 0 Å². The summed E-state index contributed by atoms with van der Waals surface area (Å²) in [4.78, 5) is 19.7. The van der Waals surface area contributed by atoms with Crippen molar-refractivity contribution in [3.8, 4) is 11.6 Å². The second kappa shape index (κ2) is 9.75. The number of nitrogens with zero attached hydrogens (tertiary/aromatic N) is 4. The largest absolute Gasteiger partial charge is 0.496 e. The molecule has 1 N–H and O–H groups in total. The first-order valence-corrected chi connectivity index (χ1v) is 10.8. The van der Waals surface area contributed by atoms with Crippen LogP contribution in [0.1, 0.15) is 41.4 Å². The Balaban J connectivity index is 1.36. The van der Waals surface area contributed by atoms with E-state index in [-0.39, 0.29) is 11.9 Å². The molecule has 1 amide bonds. The van der Waals surface area contributed by atoms with Crippen molar-refractivity contribution < 1.29 is 9.53 Å². The van der Waals surface area contributed by atoms with Crippen LogP contribution in [-0.4, -0.2) is 51.8 Å². The van der Waals surface area contributed by atoms with Crippen LogP contribution in [0.25, 0.3) is 5.82 Å². The summed E-state index contributed by atoms with van der Waals surface area (Å²) < 4.78 is 7.22. The zero-order chi connectivity index (χ0) is 21.6. The van der Waals surface area contributed by atoms with E-state index in [0.29, 0.717) is 12.0 Å². The van der Waals surface area contributed by atoms with Crippen molar-refractivity contribution >= 4 is 5.91 Å². The molecule has 2 aromatic heterocycles. The lowest BCUT2D eigenvalue weighted by Crippen LogP contribution is -2.44. The zero-order valence-electron chi connectivity index (χ0n) is 18.1. The van der Waals surface area contributed by atoms with Crippen LogP contribution < -0.4 is 10.1 Å². The average Bonchev–Trinajstić information content (AvgIpc) is 3.25. The monoisotopic (exact) mass is 419 g/mol. The lowest BCUT2D eigenvalue weighted by atomic mass is 10.0. The lowest BCUT2D eigenvalue weighted by molar-refractivity contribution is 0.0908. The second-order valence-electron chi connectivity index (χ2n) is 7.79. The molecule has 3 aromatic rings. The smallest absolute Gasteiger partial charge is 0.254 e. The molecule has 4 rings (SSSR count). The van der Waals surface area contributed by atoms with Crippen molar-refractivity contribution in [1.29, 1.82) is 0 Å². The quantitative estimate of drug-likeness (QED) is 0.637. The molecule has 1 fully saturated rings. The Kier molecular flexibility index (Phi) is 6.62.